The van der Waals surface area contributed by atoms with E-state index in [4.69, 9.17) is 0 Å². The number of piperidine rings is 1. The Labute approximate surface area is 99.8 Å². The standard InChI is InChI=1S/C12H16N2O3/c1-9-8-13(6-5-12(9)15)10-3-2-4-11(7-10)14(16)17/h2-4,7,9,12,15H,5-6,8H2,1H3. The smallest absolute Gasteiger partial charge is 0.271 e. The highest BCUT2D eigenvalue weighted by Crippen LogP contribution is 2.26. The Balaban J connectivity index is 2.17. The molecule has 1 N–H and O–H groups in total. The molecule has 2 rings (SSSR count). The summed E-state index contributed by atoms with van der Waals surface area (Å²) in [5.41, 5.74) is 0.972. The molecule has 92 valence electrons. The largest absolute Gasteiger partial charge is 0.393 e. The predicted octanol–water partition coefficient (Wildman–Crippen LogP) is 1.80. The van der Waals surface area contributed by atoms with Crippen molar-refractivity contribution in [2.45, 2.75) is 19.4 Å². The summed E-state index contributed by atoms with van der Waals surface area (Å²) in [6, 6.07) is 6.65. The molecular weight excluding hydrogens is 220 g/mol. The minimum Gasteiger partial charge on any atom is -0.393 e. The lowest BCUT2D eigenvalue weighted by Gasteiger charge is -2.35. The Morgan fingerprint density at radius 3 is 2.94 bits per heavy atom. The Morgan fingerprint density at radius 2 is 2.29 bits per heavy atom. The van der Waals surface area contributed by atoms with E-state index in [-0.39, 0.29) is 22.6 Å². The molecule has 5 nitrogen and oxygen atoms in total. The number of benzene rings is 1. The van der Waals surface area contributed by atoms with E-state index < -0.39 is 0 Å². The van der Waals surface area contributed by atoms with E-state index in [0.717, 1.165) is 18.8 Å². The van der Waals surface area contributed by atoms with Crippen LogP contribution in [-0.4, -0.2) is 29.2 Å². The van der Waals surface area contributed by atoms with Crippen LogP contribution in [-0.2, 0) is 0 Å². The van der Waals surface area contributed by atoms with Crippen molar-refractivity contribution in [3.63, 3.8) is 0 Å². The van der Waals surface area contributed by atoms with Crippen LogP contribution >= 0.6 is 0 Å². The molecule has 17 heavy (non-hydrogen) atoms. The summed E-state index contributed by atoms with van der Waals surface area (Å²) in [5.74, 6) is 0.197. The second-order valence-corrected chi connectivity index (χ2v) is 4.56. The second-order valence-electron chi connectivity index (χ2n) is 4.56. The van der Waals surface area contributed by atoms with Crippen molar-refractivity contribution in [3.05, 3.63) is 34.4 Å². The van der Waals surface area contributed by atoms with Crippen molar-refractivity contribution in [1.29, 1.82) is 0 Å². The van der Waals surface area contributed by atoms with Gasteiger partial charge >= 0.3 is 0 Å². The van der Waals surface area contributed by atoms with E-state index in [1.54, 1.807) is 12.1 Å². The fraction of sp³-hybridized carbons (Fsp3) is 0.500. The number of nitrogens with zero attached hydrogens (tertiary/aromatic N) is 2. The maximum Gasteiger partial charge on any atom is 0.271 e. The molecule has 0 amide bonds. The minimum atomic E-state index is -0.383. The van der Waals surface area contributed by atoms with Gasteiger partial charge in [-0.25, -0.2) is 0 Å². The van der Waals surface area contributed by atoms with E-state index in [2.05, 4.69) is 4.90 Å². The third-order valence-corrected chi connectivity index (χ3v) is 3.27. The molecular formula is C12H16N2O3. The molecule has 2 unspecified atom stereocenters. The van der Waals surface area contributed by atoms with Gasteiger partial charge in [-0.2, -0.15) is 0 Å². The van der Waals surface area contributed by atoms with E-state index in [9.17, 15) is 15.2 Å². The molecule has 0 aliphatic carbocycles. The summed E-state index contributed by atoms with van der Waals surface area (Å²) in [4.78, 5) is 12.4. The Bertz CT molecular complexity index is 422. The van der Waals surface area contributed by atoms with Gasteiger partial charge in [0.05, 0.1) is 11.0 Å². The van der Waals surface area contributed by atoms with Gasteiger partial charge in [0.15, 0.2) is 0 Å². The molecule has 0 spiro atoms. The second kappa shape index (κ2) is 4.71. The fourth-order valence-corrected chi connectivity index (χ4v) is 2.17. The molecule has 2 atom stereocenters. The maximum atomic E-state index is 10.7. The van der Waals surface area contributed by atoms with E-state index in [1.165, 1.54) is 6.07 Å². The summed E-state index contributed by atoms with van der Waals surface area (Å²) >= 11 is 0. The van der Waals surface area contributed by atoms with Gasteiger partial charge < -0.3 is 10.0 Å². The van der Waals surface area contributed by atoms with Crippen molar-refractivity contribution in [3.8, 4) is 0 Å². The highest BCUT2D eigenvalue weighted by Gasteiger charge is 2.24. The Hall–Kier alpha value is -1.62. The first-order valence-electron chi connectivity index (χ1n) is 5.75. The lowest BCUT2D eigenvalue weighted by atomic mass is 9.96. The van der Waals surface area contributed by atoms with Crippen LogP contribution in [0.15, 0.2) is 24.3 Å². The van der Waals surface area contributed by atoms with Gasteiger partial charge in [0.1, 0.15) is 0 Å². The monoisotopic (exact) mass is 236 g/mol. The number of nitro benzene ring substituents is 1. The van der Waals surface area contributed by atoms with Gasteiger partial charge in [-0.3, -0.25) is 10.1 Å². The average molecular weight is 236 g/mol. The van der Waals surface area contributed by atoms with E-state index in [0.29, 0.717) is 6.42 Å². The van der Waals surface area contributed by atoms with Crippen LogP contribution in [0.4, 0.5) is 11.4 Å². The SMILES string of the molecule is CC1CN(c2cccc([N+](=O)[O-])c2)CCC1O. The number of hydrogen-bond acceptors (Lipinski definition) is 4. The first kappa shape index (κ1) is 11.9. The molecule has 1 aliphatic heterocycles. The summed E-state index contributed by atoms with van der Waals surface area (Å²) in [7, 11) is 0. The third kappa shape index (κ3) is 2.55. The van der Waals surface area contributed by atoms with Crippen LogP contribution in [0.25, 0.3) is 0 Å². The van der Waals surface area contributed by atoms with Gasteiger partial charge in [0.2, 0.25) is 0 Å². The molecule has 1 aliphatic rings. The molecule has 1 heterocycles. The Kier molecular flexibility index (Phi) is 3.28. The number of hydrogen-bond donors (Lipinski definition) is 1. The normalized spacial score (nSPS) is 24.7. The molecule has 1 saturated heterocycles. The topological polar surface area (TPSA) is 66.6 Å². The predicted molar refractivity (Wildman–Crippen MR) is 65.1 cm³/mol. The first-order valence-corrected chi connectivity index (χ1v) is 5.75. The minimum absolute atomic E-state index is 0.112. The van der Waals surface area contributed by atoms with E-state index >= 15 is 0 Å². The number of non-ortho nitro benzene ring substituents is 1. The summed E-state index contributed by atoms with van der Waals surface area (Å²) in [6.45, 7) is 3.48. The number of anilines is 1. The van der Waals surface area contributed by atoms with Gasteiger partial charge in [-0.05, 0) is 18.4 Å². The van der Waals surface area contributed by atoms with Crippen molar-refractivity contribution < 1.29 is 10.0 Å². The maximum absolute atomic E-state index is 10.7. The van der Waals surface area contributed by atoms with E-state index in [1.807, 2.05) is 13.0 Å². The summed E-state index contributed by atoms with van der Waals surface area (Å²) in [6.07, 6.45) is 0.453. The van der Waals surface area contributed by atoms with Crippen LogP contribution in [0.5, 0.6) is 0 Å². The number of nitro groups is 1. The third-order valence-electron chi connectivity index (χ3n) is 3.27. The zero-order chi connectivity index (χ0) is 12.4. The highest BCUT2D eigenvalue weighted by atomic mass is 16.6. The number of aliphatic hydroxyl groups is 1. The molecule has 0 bridgehead atoms. The van der Waals surface area contributed by atoms with Crippen molar-refractivity contribution >= 4 is 11.4 Å². The van der Waals surface area contributed by atoms with Gasteiger partial charge in [0, 0.05) is 30.9 Å². The number of rotatable bonds is 2. The van der Waals surface area contributed by atoms with Gasteiger partial charge in [-0.1, -0.05) is 13.0 Å². The first-order chi connectivity index (χ1) is 8.08. The average Bonchev–Trinajstić information content (AvgIpc) is 2.33. The zero-order valence-corrected chi connectivity index (χ0v) is 9.74. The molecule has 1 fully saturated rings. The van der Waals surface area contributed by atoms with Gasteiger partial charge in [0.25, 0.3) is 5.69 Å². The van der Waals surface area contributed by atoms with Crippen LogP contribution in [0.1, 0.15) is 13.3 Å². The van der Waals surface area contributed by atoms with Crippen LogP contribution in [0, 0.1) is 16.0 Å². The summed E-state index contributed by atoms with van der Waals surface area (Å²) < 4.78 is 0. The van der Waals surface area contributed by atoms with Crippen LogP contribution in [0.3, 0.4) is 0 Å². The van der Waals surface area contributed by atoms with Crippen molar-refractivity contribution in [2.75, 3.05) is 18.0 Å². The lowest BCUT2D eigenvalue weighted by molar-refractivity contribution is -0.384. The van der Waals surface area contributed by atoms with Crippen molar-refractivity contribution in [2.24, 2.45) is 5.92 Å². The number of aliphatic hydroxyl groups excluding tert-OH is 1. The molecule has 1 aromatic carbocycles. The lowest BCUT2D eigenvalue weighted by Crippen LogP contribution is -2.41. The molecule has 0 radical (unpaired) electrons. The fourth-order valence-electron chi connectivity index (χ4n) is 2.17. The quantitative estimate of drug-likeness (QED) is 0.628. The summed E-state index contributed by atoms with van der Waals surface area (Å²) in [5, 5.41) is 20.3. The molecule has 5 heteroatoms. The van der Waals surface area contributed by atoms with Gasteiger partial charge in [-0.15, -0.1) is 0 Å². The highest BCUT2D eigenvalue weighted by molar-refractivity contribution is 5.53. The zero-order valence-electron chi connectivity index (χ0n) is 9.74. The Morgan fingerprint density at radius 1 is 1.53 bits per heavy atom. The molecule has 0 aromatic heterocycles. The van der Waals surface area contributed by atoms with Crippen LogP contribution in [0.2, 0.25) is 0 Å². The molecule has 0 saturated carbocycles. The van der Waals surface area contributed by atoms with Crippen molar-refractivity contribution in [1.82, 2.24) is 0 Å². The molecule has 1 aromatic rings. The van der Waals surface area contributed by atoms with Crippen LogP contribution < -0.4 is 4.90 Å².